The first kappa shape index (κ1) is 10.4. The van der Waals surface area contributed by atoms with Crippen molar-refractivity contribution in [3.05, 3.63) is 55.5 Å². The smallest absolute Gasteiger partial charge is 0.254 e. The van der Waals surface area contributed by atoms with Crippen molar-refractivity contribution in [3.63, 3.8) is 0 Å². The minimum absolute atomic E-state index is 0.0248. The monoisotopic (exact) mass is 272 g/mol. The highest BCUT2D eigenvalue weighted by molar-refractivity contribution is 7.00. The molecule has 0 radical (unpaired) electrons. The van der Waals surface area contributed by atoms with E-state index < -0.39 is 10.9 Å². The number of hydrogen-bond donors (Lipinski definition) is 0. The molecule has 2 aromatic rings. The zero-order valence-corrected chi connectivity index (χ0v) is 10.1. The minimum Gasteiger partial charge on any atom is -0.445 e. The van der Waals surface area contributed by atoms with Crippen LogP contribution in [0.3, 0.4) is 0 Å². The summed E-state index contributed by atoms with van der Waals surface area (Å²) in [6, 6.07) is 6.81. The van der Waals surface area contributed by atoms with Gasteiger partial charge in [-0.1, -0.05) is 12.1 Å². The van der Waals surface area contributed by atoms with Crippen molar-refractivity contribution < 1.29 is 8.83 Å². The third-order valence-corrected chi connectivity index (χ3v) is 3.34. The summed E-state index contributed by atoms with van der Waals surface area (Å²) in [6.07, 6.45) is 0. The van der Waals surface area contributed by atoms with E-state index in [-0.39, 0.29) is 21.9 Å². The molecule has 0 fully saturated rings. The topological polar surface area (TPSA) is 86.2 Å². The maximum absolute atomic E-state index is 12.2. The Morgan fingerprint density at radius 1 is 0.842 bits per heavy atom. The highest BCUT2D eigenvalue weighted by Crippen LogP contribution is 2.14. The minimum atomic E-state index is -0.479. The second kappa shape index (κ2) is 3.48. The van der Waals surface area contributed by atoms with Crippen molar-refractivity contribution >= 4 is 33.9 Å². The molecule has 0 spiro atoms. The largest absolute Gasteiger partial charge is 0.445 e. The Morgan fingerprint density at radius 2 is 1.32 bits per heavy atom. The lowest BCUT2D eigenvalue weighted by Crippen LogP contribution is -2.14. The summed E-state index contributed by atoms with van der Waals surface area (Å²) >= 11 is 0.813. The van der Waals surface area contributed by atoms with Gasteiger partial charge in [-0.15, -0.1) is 0 Å². The molecule has 19 heavy (non-hydrogen) atoms. The molecule has 0 unspecified atom stereocenters. The molecule has 0 N–H and O–H groups in total. The Balaban J connectivity index is 2.47. The molecular weight excluding hydrogens is 268 g/mol. The number of hydrogen-bond acceptors (Lipinski definition) is 7. The van der Waals surface area contributed by atoms with Crippen molar-refractivity contribution in [2.24, 2.45) is 0 Å². The van der Waals surface area contributed by atoms with Crippen LogP contribution >= 0.6 is 11.7 Å². The highest BCUT2D eigenvalue weighted by Gasteiger charge is 2.15. The number of aromatic nitrogens is 2. The van der Waals surface area contributed by atoms with E-state index in [1.807, 2.05) is 0 Å². The molecule has 2 aliphatic rings. The molecule has 1 aromatic carbocycles. The number of rotatable bonds is 0. The molecule has 1 aliphatic carbocycles. The van der Waals surface area contributed by atoms with Gasteiger partial charge in [0.15, 0.2) is 22.2 Å². The fourth-order valence-electron chi connectivity index (χ4n) is 1.93. The average molecular weight is 272 g/mol. The van der Waals surface area contributed by atoms with Crippen molar-refractivity contribution in [2.75, 3.05) is 0 Å². The molecule has 6 nitrogen and oxygen atoms in total. The molecule has 7 heteroatoms. The molecule has 0 saturated heterocycles. The summed E-state index contributed by atoms with van der Waals surface area (Å²) in [5.41, 5.74) is -0.356. The predicted octanol–water partition coefficient (Wildman–Crippen LogP) is 1.48. The zero-order chi connectivity index (χ0) is 13.0. The van der Waals surface area contributed by atoms with Crippen LogP contribution in [0.2, 0.25) is 0 Å². The number of para-hydroxylation sites is 2. The van der Waals surface area contributed by atoms with Gasteiger partial charge in [0, 0.05) is 0 Å². The van der Waals surface area contributed by atoms with Gasteiger partial charge in [0.2, 0.25) is 10.8 Å². The predicted molar refractivity (Wildman–Crippen MR) is 67.3 cm³/mol. The van der Waals surface area contributed by atoms with Gasteiger partial charge in [0.25, 0.3) is 10.9 Å². The SMILES string of the molecule is O=c1c2oc3ccccc3oc=2c(=O)c2nsnc12. The standard InChI is InChI=1S/C12H4N2O4S/c15-9-7-8(14-19-13-7)10(16)12-11(9)17-5-3-1-2-4-6(5)18-12/h1-4H. The van der Waals surface area contributed by atoms with E-state index in [4.69, 9.17) is 8.83 Å². The summed E-state index contributed by atoms with van der Waals surface area (Å²) in [6.45, 7) is 0. The maximum Gasteiger partial charge on any atom is 0.254 e. The first-order valence-electron chi connectivity index (χ1n) is 5.36. The van der Waals surface area contributed by atoms with Crippen molar-refractivity contribution in [3.8, 4) is 0 Å². The van der Waals surface area contributed by atoms with Gasteiger partial charge >= 0.3 is 0 Å². The van der Waals surface area contributed by atoms with Crippen LogP contribution in [0.4, 0.5) is 0 Å². The zero-order valence-electron chi connectivity index (χ0n) is 9.25. The lowest BCUT2D eigenvalue weighted by atomic mass is 10.3. The Labute approximate surface area is 107 Å². The Hall–Kier alpha value is -2.54. The van der Waals surface area contributed by atoms with E-state index in [2.05, 4.69) is 8.75 Å². The molecule has 0 saturated carbocycles. The van der Waals surface area contributed by atoms with Crippen LogP contribution in [-0.4, -0.2) is 8.75 Å². The molecule has 92 valence electrons. The van der Waals surface area contributed by atoms with Gasteiger partial charge in [-0.2, -0.15) is 8.75 Å². The molecule has 1 aliphatic heterocycles. The lowest BCUT2D eigenvalue weighted by Gasteiger charge is -1.97. The molecule has 0 bridgehead atoms. The molecule has 1 aromatic heterocycles. The third kappa shape index (κ3) is 1.30. The van der Waals surface area contributed by atoms with Crippen LogP contribution in [-0.2, 0) is 0 Å². The second-order valence-corrected chi connectivity index (χ2v) is 4.46. The quantitative estimate of drug-likeness (QED) is 0.482. The van der Waals surface area contributed by atoms with Crippen LogP contribution < -0.4 is 10.9 Å². The fourth-order valence-corrected chi connectivity index (χ4v) is 2.47. The number of fused-ring (bicyclic) bond motifs is 2. The van der Waals surface area contributed by atoms with Gasteiger partial charge in [-0.05, 0) is 12.1 Å². The number of benzene rings is 1. The third-order valence-electron chi connectivity index (χ3n) is 2.81. The normalized spacial score (nSPS) is 11.6. The van der Waals surface area contributed by atoms with E-state index >= 15 is 0 Å². The van der Waals surface area contributed by atoms with Crippen molar-refractivity contribution in [2.45, 2.75) is 0 Å². The highest BCUT2D eigenvalue weighted by atomic mass is 32.1. The summed E-state index contributed by atoms with van der Waals surface area (Å²) in [4.78, 5) is 24.3. The van der Waals surface area contributed by atoms with Gasteiger partial charge in [-0.3, -0.25) is 9.59 Å². The van der Waals surface area contributed by atoms with E-state index in [1.54, 1.807) is 24.3 Å². The van der Waals surface area contributed by atoms with Crippen LogP contribution in [0.25, 0.3) is 22.2 Å². The Kier molecular flexibility index (Phi) is 1.91. The first-order chi connectivity index (χ1) is 9.25. The van der Waals surface area contributed by atoms with Gasteiger partial charge in [-0.25, -0.2) is 0 Å². The van der Waals surface area contributed by atoms with Crippen LogP contribution in [0.1, 0.15) is 0 Å². The average Bonchev–Trinajstić information content (AvgIpc) is 2.93. The molecule has 4 rings (SSSR count). The Morgan fingerprint density at radius 3 is 1.79 bits per heavy atom. The van der Waals surface area contributed by atoms with Gasteiger partial charge < -0.3 is 8.83 Å². The summed E-state index contributed by atoms with van der Waals surface area (Å²) in [5.74, 6) is 0. The van der Waals surface area contributed by atoms with Crippen LogP contribution in [0, 0.1) is 10.8 Å². The first-order valence-corrected chi connectivity index (χ1v) is 6.09. The summed E-state index contributed by atoms with van der Waals surface area (Å²) in [7, 11) is 0. The maximum atomic E-state index is 12.2. The summed E-state index contributed by atoms with van der Waals surface area (Å²) in [5, 5.41) is 0. The van der Waals surface area contributed by atoms with E-state index in [0.717, 1.165) is 11.7 Å². The van der Waals surface area contributed by atoms with E-state index in [1.165, 1.54) is 0 Å². The summed E-state index contributed by atoms with van der Waals surface area (Å²) < 4.78 is 18.6. The van der Waals surface area contributed by atoms with Crippen molar-refractivity contribution in [1.29, 1.82) is 0 Å². The molecule has 2 heterocycles. The van der Waals surface area contributed by atoms with E-state index in [9.17, 15) is 9.59 Å². The molecular formula is C12H4N2O4S. The van der Waals surface area contributed by atoms with Crippen LogP contribution in [0.15, 0.2) is 42.7 Å². The van der Waals surface area contributed by atoms with Gasteiger partial charge in [0.1, 0.15) is 0 Å². The van der Waals surface area contributed by atoms with Crippen molar-refractivity contribution in [1.82, 2.24) is 8.75 Å². The lowest BCUT2D eigenvalue weighted by molar-refractivity contribution is 0.466. The second-order valence-electron chi connectivity index (χ2n) is 3.93. The molecule has 0 amide bonds. The van der Waals surface area contributed by atoms with Crippen LogP contribution in [0.5, 0.6) is 0 Å². The Bertz CT molecular complexity index is 1020. The molecule has 0 atom stereocenters. The van der Waals surface area contributed by atoms with Gasteiger partial charge in [0.05, 0.1) is 11.7 Å². The number of nitrogens with zero attached hydrogens (tertiary/aromatic N) is 2. The fraction of sp³-hybridized carbons (Fsp3) is 0. The van der Waals surface area contributed by atoms with E-state index in [0.29, 0.717) is 11.2 Å².